The van der Waals surface area contributed by atoms with Crippen molar-refractivity contribution in [3.63, 3.8) is 0 Å². The van der Waals surface area contributed by atoms with Gasteiger partial charge in [-0.2, -0.15) is 0 Å². The molecule has 4 heterocycles. The Bertz CT molecular complexity index is 3820. The van der Waals surface area contributed by atoms with Gasteiger partial charge in [-0.15, -0.1) is 11.3 Å². The van der Waals surface area contributed by atoms with E-state index in [0.29, 0.717) is 17.5 Å². The number of hydrogen-bond acceptors (Lipinski definition) is 5. The van der Waals surface area contributed by atoms with E-state index >= 15 is 0 Å². The molecular weight excluding hydrogens is 813 g/mol. The van der Waals surface area contributed by atoms with Crippen LogP contribution in [0.2, 0.25) is 0 Å². The molecule has 0 aliphatic heterocycles. The predicted octanol–water partition coefficient (Wildman–Crippen LogP) is 16.6. The second-order valence-corrected chi connectivity index (χ2v) is 20.3. The highest BCUT2D eigenvalue weighted by atomic mass is 32.1. The van der Waals surface area contributed by atoms with E-state index in [1.165, 1.54) is 58.5 Å². The Hall–Kier alpha value is -7.41. The highest BCUT2D eigenvalue weighted by Crippen LogP contribution is 2.44. The highest BCUT2D eigenvalue weighted by Gasteiger charge is 2.23. The summed E-state index contributed by atoms with van der Waals surface area (Å²) in [4.78, 5) is 15.4. The molecule has 5 nitrogen and oxygen atoms in total. The Balaban J connectivity index is 0.940. The molecule has 0 radical (unpaired) electrons. The Morgan fingerprint density at radius 3 is 1.63 bits per heavy atom. The first-order chi connectivity index (χ1) is 31.5. The van der Waals surface area contributed by atoms with Crippen molar-refractivity contribution in [3.8, 4) is 56.4 Å². The number of thiophene rings is 1. The molecule has 4 aromatic heterocycles. The largest absolute Gasteiger partial charge is 0.456 e. The number of aromatic nitrogens is 4. The van der Waals surface area contributed by atoms with Gasteiger partial charge in [-0.1, -0.05) is 148 Å². The summed E-state index contributed by atoms with van der Waals surface area (Å²) in [7, 11) is 0. The molecule has 12 rings (SSSR count). The van der Waals surface area contributed by atoms with Crippen LogP contribution in [0, 0.1) is 0 Å². The van der Waals surface area contributed by atoms with E-state index < -0.39 is 0 Å². The molecule has 0 saturated carbocycles. The molecule has 65 heavy (non-hydrogen) atoms. The van der Waals surface area contributed by atoms with Crippen molar-refractivity contribution in [1.29, 1.82) is 0 Å². The van der Waals surface area contributed by atoms with Gasteiger partial charge in [0.1, 0.15) is 11.2 Å². The van der Waals surface area contributed by atoms with Crippen LogP contribution in [-0.4, -0.2) is 19.5 Å². The summed E-state index contributed by atoms with van der Waals surface area (Å²) in [5, 5.41) is 7.36. The van der Waals surface area contributed by atoms with E-state index in [-0.39, 0.29) is 11.0 Å². The molecule has 12 aromatic rings. The lowest BCUT2D eigenvalue weighted by molar-refractivity contribution is 0.423. The van der Waals surface area contributed by atoms with E-state index in [4.69, 9.17) is 19.4 Å². The SMILES string of the molecule is CC(C)(C)c1ccc(-c2nc(-c3ccc(-c4ccc5oc6ccc7sc8ccccc8c7c6c5c4)cc3)nc(-c3ccc(-c4cccc5c4c4ccccc4n5C(C)(C)C)cc3)n2)cc1. The Morgan fingerprint density at radius 2 is 0.969 bits per heavy atom. The quantitative estimate of drug-likeness (QED) is 0.173. The first kappa shape index (κ1) is 39.2. The molecule has 0 N–H and O–H groups in total. The number of rotatable bonds is 5. The monoisotopic (exact) mass is 858 g/mol. The first-order valence-electron chi connectivity index (χ1n) is 22.3. The molecular formula is C59H46N4OS. The molecule has 0 aliphatic carbocycles. The summed E-state index contributed by atoms with van der Waals surface area (Å²) >= 11 is 1.83. The number of fused-ring (bicyclic) bond motifs is 10. The van der Waals surface area contributed by atoms with Crippen LogP contribution in [0.25, 0.3) is 120 Å². The molecule has 0 fully saturated rings. The standard InChI is InChI=1S/C59H46N4OS/c1-58(2,3)41-29-26-39(27-30-41)57-61-55(60-56(62-57)38-24-20-36(21-25-38)42-14-11-16-47-52(42)43-12-7-9-15-46(43)63(47)59(4,5)6)37-22-18-35(19-23-37)40-28-31-48-45(34-40)53-49(64-48)32-33-51-54(53)44-13-8-10-17-50(44)65-51/h7-34H,1-6H3. The van der Waals surface area contributed by atoms with Crippen LogP contribution in [-0.2, 0) is 11.0 Å². The van der Waals surface area contributed by atoms with Gasteiger partial charge in [0.25, 0.3) is 0 Å². The smallest absolute Gasteiger partial charge is 0.164 e. The van der Waals surface area contributed by atoms with Crippen LogP contribution in [0.5, 0.6) is 0 Å². The molecule has 0 spiro atoms. The van der Waals surface area contributed by atoms with Gasteiger partial charge in [0.2, 0.25) is 0 Å². The highest BCUT2D eigenvalue weighted by molar-refractivity contribution is 7.26. The van der Waals surface area contributed by atoms with E-state index in [1.807, 2.05) is 11.3 Å². The van der Waals surface area contributed by atoms with E-state index in [9.17, 15) is 0 Å². The molecule has 314 valence electrons. The summed E-state index contributed by atoms with van der Waals surface area (Å²) in [6, 6.07) is 60.8. The summed E-state index contributed by atoms with van der Waals surface area (Å²) in [5.41, 5.74) is 12.9. The zero-order chi connectivity index (χ0) is 44.2. The molecule has 0 bridgehead atoms. The number of benzene rings is 8. The minimum absolute atomic E-state index is 0.0309. The minimum Gasteiger partial charge on any atom is -0.456 e. The fraction of sp³-hybridized carbons (Fsp3) is 0.136. The van der Waals surface area contributed by atoms with Crippen molar-refractivity contribution < 1.29 is 4.42 Å². The second-order valence-electron chi connectivity index (χ2n) is 19.2. The molecule has 0 atom stereocenters. The average molecular weight is 859 g/mol. The Labute approximate surface area is 381 Å². The number of furan rings is 1. The summed E-state index contributed by atoms with van der Waals surface area (Å²) in [5.74, 6) is 1.90. The van der Waals surface area contributed by atoms with Crippen molar-refractivity contribution in [2.24, 2.45) is 0 Å². The summed E-state index contributed by atoms with van der Waals surface area (Å²) in [6.07, 6.45) is 0. The van der Waals surface area contributed by atoms with Gasteiger partial charge in [0.15, 0.2) is 17.5 Å². The van der Waals surface area contributed by atoms with Crippen LogP contribution in [0.15, 0.2) is 174 Å². The molecule has 0 saturated heterocycles. The van der Waals surface area contributed by atoms with Gasteiger partial charge < -0.3 is 8.98 Å². The van der Waals surface area contributed by atoms with Gasteiger partial charge in [0.05, 0.1) is 5.52 Å². The third-order valence-corrected chi connectivity index (χ3v) is 14.1. The van der Waals surface area contributed by atoms with Crippen molar-refractivity contribution in [3.05, 3.63) is 175 Å². The lowest BCUT2D eigenvalue weighted by Crippen LogP contribution is -2.21. The lowest BCUT2D eigenvalue weighted by atomic mass is 9.87. The molecule has 6 heteroatoms. The Morgan fingerprint density at radius 1 is 0.415 bits per heavy atom. The topological polar surface area (TPSA) is 56.7 Å². The average Bonchev–Trinajstić information content (AvgIpc) is 4.00. The lowest BCUT2D eigenvalue weighted by Gasteiger charge is -2.24. The number of hydrogen-bond donors (Lipinski definition) is 0. The fourth-order valence-electron chi connectivity index (χ4n) is 9.74. The normalized spacial score (nSPS) is 12.5. The van der Waals surface area contributed by atoms with E-state index in [0.717, 1.165) is 49.9 Å². The van der Waals surface area contributed by atoms with Crippen molar-refractivity contribution in [2.45, 2.75) is 52.5 Å². The first-order valence-corrected chi connectivity index (χ1v) is 23.2. The van der Waals surface area contributed by atoms with E-state index in [1.54, 1.807) is 0 Å². The fourth-order valence-corrected chi connectivity index (χ4v) is 10.9. The van der Waals surface area contributed by atoms with Crippen LogP contribution < -0.4 is 0 Å². The van der Waals surface area contributed by atoms with Crippen molar-refractivity contribution >= 4 is 75.3 Å². The van der Waals surface area contributed by atoms with Gasteiger partial charge in [-0.25, -0.2) is 15.0 Å². The maximum absolute atomic E-state index is 6.42. The predicted molar refractivity (Wildman–Crippen MR) is 274 cm³/mol. The number of nitrogens with zero attached hydrogens (tertiary/aromatic N) is 4. The van der Waals surface area contributed by atoms with Crippen LogP contribution >= 0.6 is 11.3 Å². The zero-order valence-electron chi connectivity index (χ0n) is 37.3. The Kier molecular flexibility index (Phi) is 8.78. The molecule has 8 aromatic carbocycles. The third kappa shape index (κ3) is 6.54. The summed E-state index contributed by atoms with van der Waals surface area (Å²) in [6.45, 7) is 13.5. The summed E-state index contributed by atoms with van der Waals surface area (Å²) < 4.78 is 11.4. The van der Waals surface area contributed by atoms with Gasteiger partial charge in [-0.05, 0) is 96.5 Å². The molecule has 0 amide bonds. The van der Waals surface area contributed by atoms with Gasteiger partial charge in [0, 0.05) is 69.5 Å². The van der Waals surface area contributed by atoms with E-state index in [2.05, 4.69) is 216 Å². The van der Waals surface area contributed by atoms with Gasteiger partial charge >= 0.3 is 0 Å². The van der Waals surface area contributed by atoms with Crippen LogP contribution in [0.3, 0.4) is 0 Å². The minimum atomic E-state index is -0.0807. The third-order valence-electron chi connectivity index (χ3n) is 12.9. The number of para-hydroxylation sites is 1. The maximum Gasteiger partial charge on any atom is 0.164 e. The zero-order valence-corrected chi connectivity index (χ0v) is 38.1. The molecule has 0 aliphatic rings. The van der Waals surface area contributed by atoms with Crippen LogP contribution in [0.1, 0.15) is 47.1 Å². The maximum atomic E-state index is 6.42. The van der Waals surface area contributed by atoms with Crippen molar-refractivity contribution in [1.82, 2.24) is 19.5 Å². The van der Waals surface area contributed by atoms with Crippen molar-refractivity contribution in [2.75, 3.05) is 0 Å². The second kappa shape index (κ2) is 14.6. The molecule has 0 unspecified atom stereocenters. The van der Waals surface area contributed by atoms with Gasteiger partial charge in [-0.3, -0.25) is 0 Å². The van der Waals surface area contributed by atoms with Crippen LogP contribution in [0.4, 0.5) is 0 Å².